The molecule has 2 aromatic rings. The van der Waals surface area contributed by atoms with E-state index in [1.165, 1.54) is 15.0 Å². The van der Waals surface area contributed by atoms with Crippen molar-refractivity contribution in [3.05, 3.63) is 34.7 Å². The minimum absolute atomic E-state index is 0.347. The molecule has 76 valence electrons. The number of thiophene rings is 1. The molecule has 3 rings (SSSR count). The largest absolute Gasteiger partial charge is 0.294 e. The average Bonchev–Trinajstić information content (AvgIpc) is 2.53. The van der Waals surface area contributed by atoms with Crippen LogP contribution in [0.2, 0.25) is 0 Å². The van der Waals surface area contributed by atoms with Crippen LogP contribution in [0.3, 0.4) is 0 Å². The molecular formula is C13H12OS. The number of rotatable bonds is 0. The van der Waals surface area contributed by atoms with E-state index >= 15 is 0 Å². The zero-order valence-corrected chi connectivity index (χ0v) is 9.27. The van der Waals surface area contributed by atoms with Crippen LogP contribution in [-0.2, 0) is 6.42 Å². The van der Waals surface area contributed by atoms with Crippen molar-refractivity contribution >= 4 is 27.2 Å². The van der Waals surface area contributed by atoms with Gasteiger partial charge in [-0.1, -0.05) is 18.2 Å². The van der Waals surface area contributed by atoms with E-state index in [4.69, 9.17) is 0 Å². The second-order valence-corrected chi connectivity index (χ2v) is 5.16. The minimum atomic E-state index is 0.347. The van der Waals surface area contributed by atoms with Crippen molar-refractivity contribution in [2.75, 3.05) is 0 Å². The van der Waals surface area contributed by atoms with Crippen LogP contribution in [0.25, 0.3) is 10.1 Å². The third kappa shape index (κ3) is 1.40. The highest BCUT2D eigenvalue weighted by molar-refractivity contribution is 7.19. The van der Waals surface area contributed by atoms with Gasteiger partial charge in [0.25, 0.3) is 0 Å². The standard InChI is InChI=1S/C13H12OS/c14-10-6-2-4-8-12-13(10)9-5-1-3-7-11(9)15-12/h1,3,5,7H,2,4,6,8H2. The molecule has 0 spiro atoms. The Morgan fingerprint density at radius 1 is 1.07 bits per heavy atom. The van der Waals surface area contributed by atoms with Crippen LogP contribution in [0, 0.1) is 0 Å². The van der Waals surface area contributed by atoms with Crippen molar-refractivity contribution in [2.24, 2.45) is 0 Å². The Kier molecular flexibility index (Phi) is 2.10. The molecule has 1 aliphatic rings. The molecule has 0 N–H and O–H groups in total. The van der Waals surface area contributed by atoms with Gasteiger partial charge in [-0.05, 0) is 25.3 Å². The molecule has 0 unspecified atom stereocenters. The Labute approximate surface area is 92.7 Å². The molecule has 0 atom stereocenters. The molecule has 1 aromatic heterocycles. The summed E-state index contributed by atoms with van der Waals surface area (Å²) >= 11 is 1.80. The fraction of sp³-hybridized carbons (Fsp3) is 0.308. The first kappa shape index (κ1) is 9.10. The summed E-state index contributed by atoms with van der Waals surface area (Å²) in [5, 5.41) is 1.17. The summed E-state index contributed by atoms with van der Waals surface area (Å²) in [6.07, 6.45) is 4.02. The number of benzene rings is 1. The van der Waals surface area contributed by atoms with E-state index in [0.29, 0.717) is 5.78 Å². The maximum Gasteiger partial charge on any atom is 0.164 e. The fourth-order valence-corrected chi connectivity index (χ4v) is 3.54. The van der Waals surface area contributed by atoms with E-state index < -0.39 is 0 Å². The van der Waals surface area contributed by atoms with Crippen LogP contribution in [0.1, 0.15) is 34.5 Å². The molecule has 1 aromatic carbocycles. The first-order valence-corrected chi connectivity index (χ1v) is 6.21. The summed E-state index contributed by atoms with van der Waals surface area (Å²) in [7, 11) is 0. The lowest BCUT2D eigenvalue weighted by molar-refractivity contribution is 0.0984. The summed E-state index contributed by atoms with van der Waals surface area (Å²) < 4.78 is 1.26. The Morgan fingerprint density at radius 3 is 2.80 bits per heavy atom. The molecule has 0 amide bonds. The number of Topliss-reactive ketones (excluding diaryl/α,β-unsaturated/α-hetero) is 1. The van der Waals surface area contributed by atoms with Crippen LogP contribution < -0.4 is 0 Å². The number of aryl methyl sites for hydroxylation is 1. The quantitative estimate of drug-likeness (QED) is 0.612. The van der Waals surface area contributed by atoms with Crippen LogP contribution in [0.15, 0.2) is 24.3 Å². The number of ketones is 1. The van der Waals surface area contributed by atoms with Crippen molar-refractivity contribution in [1.29, 1.82) is 0 Å². The lowest BCUT2D eigenvalue weighted by atomic mass is 10.1. The number of fused-ring (bicyclic) bond motifs is 3. The van der Waals surface area contributed by atoms with Gasteiger partial charge in [-0.2, -0.15) is 0 Å². The van der Waals surface area contributed by atoms with Crippen molar-refractivity contribution in [1.82, 2.24) is 0 Å². The molecule has 1 nitrogen and oxygen atoms in total. The van der Waals surface area contributed by atoms with Crippen molar-refractivity contribution in [3.63, 3.8) is 0 Å². The normalized spacial score (nSPS) is 16.4. The highest BCUT2D eigenvalue weighted by atomic mass is 32.1. The van der Waals surface area contributed by atoms with Gasteiger partial charge in [0.05, 0.1) is 0 Å². The lowest BCUT2D eigenvalue weighted by Gasteiger charge is -1.96. The summed E-state index contributed by atoms with van der Waals surface area (Å²) in [6.45, 7) is 0. The number of hydrogen-bond donors (Lipinski definition) is 0. The molecule has 1 aliphatic carbocycles. The zero-order chi connectivity index (χ0) is 10.3. The smallest absolute Gasteiger partial charge is 0.164 e. The Balaban J connectivity index is 2.32. The molecule has 0 saturated heterocycles. The van der Waals surface area contributed by atoms with E-state index in [-0.39, 0.29) is 0 Å². The third-order valence-corrected chi connectivity index (χ3v) is 4.24. The highest BCUT2D eigenvalue weighted by Gasteiger charge is 2.20. The van der Waals surface area contributed by atoms with E-state index in [2.05, 4.69) is 12.1 Å². The molecule has 2 heteroatoms. The van der Waals surface area contributed by atoms with Gasteiger partial charge in [0, 0.05) is 26.9 Å². The minimum Gasteiger partial charge on any atom is -0.294 e. The molecule has 0 saturated carbocycles. The van der Waals surface area contributed by atoms with E-state index in [0.717, 1.165) is 31.2 Å². The average molecular weight is 216 g/mol. The van der Waals surface area contributed by atoms with Gasteiger partial charge in [0.2, 0.25) is 0 Å². The number of hydrogen-bond acceptors (Lipinski definition) is 2. The van der Waals surface area contributed by atoms with Gasteiger partial charge in [-0.15, -0.1) is 11.3 Å². The monoisotopic (exact) mass is 216 g/mol. The predicted octanol–water partition coefficient (Wildman–Crippen LogP) is 3.81. The summed E-state index contributed by atoms with van der Waals surface area (Å²) in [6, 6.07) is 8.26. The lowest BCUT2D eigenvalue weighted by Crippen LogP contribution is -1.96. The van der Waals surface area contributed by atoms with Crippen LogP contribution in [-0.4, -0.2) is 5.78 Å². The summed E-state index contributed by atoms with van der Waals surface area (Å²) in [5.74, 6) is 0.347. The van der Waals surface area contributed by atoms with E-state index in [9.17, 15) is 4.79 Å². The second kappa shape index (κ2) is 3.46. The van der Waals surface area contributed by atoms with Crippen molar-refractivity contribution in [2.45, 2.75) is 25.7 Å². The Hall–Kier alpha value is -1.15. The topological polar surface area (TPSA) is 17.1 Å². The van der Waals surface area contributed by atoms with E-state index in [1.54, 1.807) is 11.3 Å². The zero-order valence-electron chi connectivity index (χ0n) is 8.45. The van der Waals surface area contributed by atoms with Gasteiger partial charge in [-0.3, -0.25) is 4.79 Å². The third-order valence-electron chi connectivity index (χ3n) is 3.00. The maximum absolute atomic E-state index is 12.0. The summed E-state index contributed by atoms with van der Waals surface area (Å²) in [5.41, 5.74) is 1.02. The number of carbonyl (C=O) groups is 1. The molecule has 0 fully saturated rings. The molecule has 0 aliphatic heterocycles. The fourth-order valence-electron chi connectivity index (χ4n) is 2.27. The van der Waals surface area contributed by atoms with Crippen LogP contribution >= 0.6 is 11.3 Å². The van der Waals surface area contributed by atoms with Gasteiger partial charge in [0.15, 0.2) is 5.78 Å². The van der Waals surface area contributed by atoms with Crippen LogP contribution in [0.5, 0.6) is 0 Å². The second-order valence-electron chi connectivity index (χ2n) is 4.03. The van der Waals surface area contributed by atoms with Crippen molar-refractivity contribution < 1.29 is 4.79 Å². The molecule has 1 heterocycles. The molecular weight excluding hydrogens is 204 g/mol. The molecule has 15 heavy (non-hydrogen) atoms. The number of carbonyl (C=O) groups excluding carboxylic acids is 1. The van der Waals surface area contributed by atoms with Gasteiger partial charge in [0.1, 0.15) is 0 Å². The highest BCUT2D eigenvalue weighted by Crippen LogP contribution is 2.35. The van der Waals surface area contributed by atoms with Crippen LogP contribution in [0.4, 0.5) is 0 Å². The maximum atomic E-state index is 12.0. The van der Waals surface area contributed by atoms with Gasteiger partial charge < -0.3 is 0 Å². The Bertz CT molecular complexity index is 524. The predicted molar refractivity (Wildman–Crippen MR) is 63.7 cm³/mol. The van der Waals surface area contributed by atoms with Gasteiger partial charge in [-0.25, -0.2) is 0 Å². The SMILES string of the molecule is O=C1CCCCc2sc3ccccc3c21. The summed E-state index contributed by atoms with van der Waals surface area (Å²) in [4.78, 5) is 13.3. The first-order valence-electron chi connectivity index (χ1n) is 5.40. The Morgan fingerprint density at radius 2 is 1.87 bits per heavy atom. The molecule has 0 bridgehead atoms. The van der Waals surface area contributed by atoms with Gasteiger partial charge >= 0.3 is 0 Å². The first-order chi connectivity index (χ1) is 7.36. The van der Waals surface area contributed by atoms with E-state index in [1.807, 2.05) is 12.1 Å². The molecule has 0 radical (unpaired) electrons. The van der Waals surface area contributed by atoms with Crippen molar-refractivity contribution in [3.8, 4) is 0 Å².